The standard InChI is InChI=1S/C14H22N4O2/c1-4-8-16-12-7-5-6-10(17-12)13(20)18-14(2,3)9-11(15)19/h5-7H,4,8-9H2,1-3H3,(H2,15,19)(H,16,17)(H,18,20). The molecule has 0 spiro atoms. The molecule has 0 aliphatic heterocycles. The van der Waals surface area contributed by atoms with E-state index in [2.05, 4.69) is 22.5 Å². The van der Waals surface area contributed by atoms with Gasteiger partial charge in [0.15, 0.2) is 0 Å². The summed E-state index contributed by atoms with van der Waals surface area (Å²) in [5.41, 5.74) is 4.77. The molecule has 1 aromatic heterocycles. The molecule has 6 nitrogen and oxygen atoms in total. The Bertz CT molecular complexity index is 486. The molecule has 110 valence electrons. The number of amides is 2. The average Bonchev–Trinajstić information content (AvgIpc) is 2.34. The number of nitrogens with one attached hydrogen (secondary N) is 2. The van der Waals surface area contributed by atoms with Crippen molar-refractivity contribution >= 4 is 17.6 Å². The van der Waals surface area contributed by atoms with Crippen molar-refractivity contribution < 1.29 is 9.59 Å². The van der Waals surface area contributed by atoms with Crippen LogP contribution in [0.25, 0.3) is 0 Å². The molecule has 0 saturated heterocycles. The van der Waals surface area contributed by atoms with Gasteiger partial charge in [-0.1, -0.05) is 13.0 Å². The van der Waals surface area contributed by atoms with E-state index in [0.717, 1.165) is 13.0 Å². The second-order valence-corrected chi connectivity index (χ2v) is 5.32. The van der Waals surface area contributed by atoms with Crippen molar-refractivity contribution in [3.05, 3.63) is 23.9 Å². The molecular weight excluding hydrogens is 256 g/mol. The molecule has 0 aromatic carbocycles. The summed E-state index contributed by atoms with van der Waals surface area (Å²) in [5.74, 6) is -0.120. The lowest BCUT2D eigenvalue weighted by atomic mass is 10.00. The van der Waals surface area contributed by atoms with Crippen molar-refractivity contribution in [2.24, 2.45) is 5.73 Å². The van der Waals surface area contributed by atoms with Crippen LogP contribution in [-0.2, 0) is 4.79 Å². The summed E-state index contributed by atoms with van der Waals surface area (Å²) < 4.78 is 0. The lowest BCUT2D eigenvalue weighted by molar-refractivity contribution is -0.119. The predicted octanol–water partition coefficient (Wildman–Crippen LogP) is 1.29. The molecule has 0 radical (unpaired) electrons. The van der Waals surface area contributed by atoms with Crippen LogP contribution in [0.5, 0.6) is 0 Å². The van der Waals surface area contributed by atoms with E-state index in [4.69, 9.17) is 5.73 Å². The highest BCUT2D eigenvalue weighted by Gasteiger charge is 2.24. The van der Waals surface area contributed by atoms with Gasteiger partial charge >= 0.3 is 0 Å². The SMILES string of the molecule is CCCNc1cccc(C(=O)NC(C)(C)CC(N)=O)n1. The number of hydrogen-bond acceptors (Lipinski definition) is 4. The second kappa shape index (κ2) is 6.88. The topological polar surface area (TPSA) is 97.1 Å². The van der Waals surface area contributed by atoms with Crippen LogP contribution in [0.15, 0.2) is 18.2 Å². The normalized spacial score (nSPS) is 10.9. The van der Waals surface area contributed by atoms with Gasteiger partial charge in [-0.25, -0.2) is 4.98 Å². The van der Waals surface area contributed by atoms with Crippen LogP contribution in [0.2, 0.25) is 0 Å². The number of carbonyl (C=O) groups is 2. The number of hydrogen-bond donors (Lipinski definition) is 3. The Kier molecular flexibility index (Phi) is 5.49. The number of nitrogens with two attached hydrogens (primary N) is 1. The molecule has 0 unspecified atom stereocenters. The molecule has 0 aliphatic rings. The minimum atomic E-state index is -0.697. The van der Waals surface area contributed by atoms with Gasteiger partial charge in [0.25, 0.3) is 5.91 Å². The molecule has 6 heteroatoms. The van der Waals surface area contributed by atoms with Gasteiger partial charge in [-0.3, -0.25) is 9.59 Å². The quantitative estimate of drug-likeness (QED) is 0.700. The summed E-state index contributed by atoms with van der Waals surface area (Å²) in [6.45, 7) is 6.34. The average molecular weight is 278 g/mol. The van der Waals surface area contributed by atoms with Crippen LogP contribution in [0.1, 0.15) is 44.1 Å². The smallest absolute Gasteiger partial charge is 0.270 e. The maximum Gasteiger partial charge on any atom is 0.270 e. The minimum Gasteiger partial charge on any atom is -0.370 e. The maximum atomic E-state index is 12.1. The number of pyridine rings is 1. The van der Waals surface area contributed by atoms with E-state index in [0.29, 0.717) is 11.5 Å². The van der Waals surface area contributed by atoms with Crippen LogP contribution in [0, 0.1) is 0 Å². The maximum absolute atomic E-state index is 12.1. The van der Waals surface area contributed by atoms with Crippen LogP contribution in [-0.4, -0.2) is 28.9 Å². The fraction of sp³-hybridized carbons (Fsp3) is 0.500. The first kappa shape index (κ1) is 15.9. The Balaban J connectivity index is 2.74. The third kappa shape index (κ3) is 5.26. The van der Waals surface area contributed by atoms with E-state index in [1.807, 2.05) is 0 Å². The number of primary amides is 1. The third-order valence-electron chi connectivity index (χ3n) is 2.61. The van der Waals surface area contributed by atoms with Crippen molar-refractivity contribution in [3.8, 4) is 0 Å². The molecule has 4 N–H and O–H groups in total. The van der Waals surface area contributed by atoms with Gasteiger partial charge in [0.1, 0.15) is 11.5 Å². The van der Waals surface area contributed by atoms with Crippen molar-refractivity contribution in [3.63, 3.8) is 0 Å². The largest absolute Gasteiger partial charge is 0.370 e. The Morgan fingerprint density at radius 3 is 2.65 bits per heavy atom. The molecule has 0 saturated carbocycles. The number of anilines is 1. The van der Waals surface area contributed by atoms with Crippen molar-refractivity contribution in [1.29, 1.82) is 0 Å². The van der Waals surface area contributed by atoms with Crippen LogP contribution in [0.3, 0.4) is 0 Å². The molecule has 20 heavy (non-hydrogen) atoms. The Labute approximate surface area is 119 Å². The van der Waals surface area contributed by atoms with E-state index < -0.39 is 11.4 Å². The molecule has 0 aliphatic carbocycles. The van der Waals surface area contributed by atoms with E-state index in [1.165, 1.54) is 0 Å². The molecule has 0 bridgehead atoms. The van der Waals surface area contributed by atoms with E-state index in [1.54, 1.807) is 32.0 Å². The summed E-state index contributed by atoms with van der Waals surface area (Å²) in [6.07, 6.45) is 1.05. The molecule has 0 atom stereocenters. The van der Waals surface area contributed by atoms with Crippen molar-refractivity contribution in [2.75, 3.05) is 11.9 Å². The number of carbonyl (C=O) groups excluding carboxylic acids is 2. The van der Waals surface area contributed by atoms with Crippen LogP contribution in [0.4, 0.5) is 5.82 Å². The lowest BCUT2D eigenvalue weighted by Gasteiger charge is -2.24. The fourth-order valence-electron chi connectivity index (χ4n) is 1.76. The summed E-state index contributed by atoms with van der Waals surface area (Å²) in [4.78, 5) is 27.3. The van der Waals surface area contributed by atoms with Gasteiger partial charge in [0, 0.05) is 18.5 Å². The van der Waals surface area contributed by atoms with Gasteiger partial charge in [-0.2, -0.15) is 0 Å². The molecule has 1 heterocycles. The van der Waals surface area contributed by atoms with Gasteiger partial charge in [0.05, 0.1) is 0 Å². The Hall–Kier alpha value is -2.11. The lowest BCUT2D eigenvalue weighted by Crippen LogP contribution is -2.46. The van der Waals surface area contributed by atoms with Gasteiger partial charge < -0.3 is 16.4 Å². The van der Waals surface area contributed by atoms with Gasteiger partial charge in [-0.05, 0) is 32.4 Å². The highest BCUT2D eigenvalue weighted by Crippen LogP contribution is 2.10. The van der Waals surface area contributed by atoms with Gasteiger partial charge in [0.2, 0.25) is 5.91 Å². The van der Waals surface area contributed by atoms with Crippen LogP contribution >= 0.6 is 0 Å². The Morgan fingerprint density at radius 2 is 2.05 bits per heavy atom. The predicted molar refractivity (Wildman–Crippen MR) is 78.4 cm³/mol. The molecule has 2 amide bonds. The number of aromatic nitrogens is 1. The molecule has 0 fully saturated rings. The van der Waals surface area contributed by atoms with Crippen molar-refractivity contribution in [1.82, 2.24) is 10.3 Å². The zero-order valence-corrected chi connectivity index (χ0v) is 12.2. The monoisotopic (exact) mass is 278 g/mol. The zero-order chi connectivity index (χ0) is 15.2. The molecule has 1 aromatic rings. The number of rotatable bonds is 7. The number of nitrogens with zero attached hydrogens (tertiary/aromatic N) is 1. The summed E-state index contributed by atoms with van der Waals surface area (Å²) in [5, 5.41) is 5.88. The first-order chi connectivity index (χ1) is 9.34. The minimum absolute atomic E-state index is 0.0759. The molecule has 1 rings (SSSR count). The third-order valence-corrected chi connectivity index (χ3v) is 2.61. The molecular formula is C14H22N4O2. The first-order valence-corrected chi connectivity index (χ1v) is 6.66. The summed E-state index contributed by atoms with van der Waals surface area (Å²) >= 11 is 0. The van der Waals surface area contributed by atoms with E-state index >= 15 is 0 Å². The fourth-order valence-corrected chi connectivity index (χ4v) is 1.76. The summed E-state index contributed by atoms with van der Waals surface area (Å²) in [7, 11) is 0. The second-order valence-electron chi connectivity index (χ2n) is 5.32. The highest BCUT2D eigenvalue weighted by molar-refractivity contribution is 5.93. The zero-order valence-electron chi connectivity index (χ0n) is 12.2. The van der Waals surface area contributed by atoms with Crippen LogP contribution < -0.4 is 16.4 Å². The van der Waals surface area contributed by atoms with Gasteiger partial charge in [-0.15, -0.1) is 0 Å². The highest BCUT2D eigenvalue weighted by atomic mass is 16.2. The summed E-state index contributed by atoms with van der Waals surface area (Å²) in [6, 6.07) is 5.20. The Morgan fingerprint density at radius 1 is 1.35 bits per heavy atom. The van der Waals surface area contributed by atoms with E-state index in [9.17, 15) is 9.59 Å². The van der Waals surface area contributed by atoms with E-state index in [-0.39, 0.29) is 12.3 Å². The van der Waals surface area contributed by atoms with Crippen molar-refractivity contribution in [2.45, 2.75) is 39.2 Å². The first-order valence-electron chi connectivity index (χ1n) is 6.66.